The Labute approximate surface area is 102 Å². The zero-order chi connectivity index (χ0) is 12.3. The fraction of sp³-hybridized carbons (Fsp3) is 0.0909. The predicted octanol–water partition coefficient (Wildman–Crippen LogP) is 2.14. The van der Waals surface area contributed by atoms with Gasteiger partial charge < -0.3 is 5.32 Å². The maximum absolute atomic E-state index is 11.2. The molecule has 0 spiro atoms. The van der Waals surface area contributed by atoms with Gasteiger partial charge in [-0.05, 0) is 18.2 Å². The van der Waals surface area contributed by atoms with Crippen molar-refractivity contribution in [1.82, 2.24) is 9.97 Å². The van der Waals surface area contributed by atoms with Gasteiger partial charge in [-0.25, -0.2) is 9.97 Å². The molecule has 1 aromatic carbocycles. The van der Waals surface area contributed by atoms with E-state index in [9.17, 15) is 4.79 Å². The van der Waals surface area contributed by atoms with Crippen LogP contribution in [0.5, 0.6) is 0 Å². The maximum Gasteiger partial charge on any atom is 0.238 e. The third kappa shape index (κ3) is 2.49. The van der Waals surface area contributed by atoms with Crippen LogP contribution in [-0.2, 0) is 4.79 Å². The number of aromatic nitrogens is 2. The Hall–Kier alpha value is -2.19. The molecule has 0 aliphatic carbocycles. The number of carbonyl (C=O) groups is 1. The van der Waals surface area contributed by atoms with Crippen molar-refractivity contribution in [3.05, 3.63) is 29.7 Å². The summed E-state index contributed by atoms with van der Waals surface area (Å²) in [6.45, 7) is 0. The summed E-state index contributed by atoms with van der Waals surface area (Å²) in [5.74, 6) is -0.361. The van der Waals surface area contributed by atoms with Crippen molar-refractivity contribution < 1.29 is 4.79 Å². The average molecular weight is 247 g/mol. The van der Waals surface area contributed by atoms with Crippen LogP contribution in [0.15, 0.2) is 24.5 Å². The van der Waals surface area contributed by atoms with Gasteiger partial charge in [-0.3, -0.25) is 4.79 Å². The van der Waals surface area contributed by atoms with E-state index in [1.165, 1.54) is 6.33 Å². The first kappa shape index (κ1) is 11.3. The number of nitriles is 1. The van der Waals surface area contributed by atoms with E-state index in [-0.39, 0.29) is 12.3 Å². The second kappa shape index (κ2) is 4.76. The van der Waals surface area contributed by atoms with E-state index in [0.29, 0.717) is 21.7 Å². The average Bonchev–Trinajstić information content (AvgIpc) is 2.30. The zero-order valence-corrected chi connectivity index (χ0v) is 9.40. The predicted molar refractivity (Wildman–Crippen MR) is 63.4 cm³/mol. The lowest BCUT2D eigenvalue weighted by molar-refractivity contribution is -0.115. The zero-order valence-electron chi connectivity index (χ0n) is 8.64. The number of hydrogen-bond acceptors (Lipinski definition) is 4. The minimum Gasteiger partial charge on any atom is -0.325 e. The molecule has 0 saturated heterocycles. The number of hydrogen-bond donors (Lipinski definition) is 1. The highest BCUT2D eigenvalue weighted by molar-refractivity contribution is 6.34. The number of rotatable bonds is 2. The van der Waals surface area contributed by atoms with Gasteiger partial charge in [-0.1, -0.05) is 11.6 Å². The number of benzene rings is 1. The van der Waals surface area contributed by atoms with Crippen LogP contribution in [0.25, 0.3) is 10.9 Å². The number of halogens is 1. The van der Waals surface area contributed by atoms with Crippen LogP contribution in [0.3, 0.4) is 0 Å². The van der Waals surface area contributed by atoms with Gasteiger partial charge in [0, 0.05) is 11.1 Å². The van der Waals surface area contributed by atoms with Crippen LogP contribution in [0.1, 0.15) is 6.42 Å². The number of amides is 1. The van der Waals surface area contributed by atoms with Crippen molar-refractivity contribution >= 4 is 34.1 Å². The Morgan fingerprint density at radius 1 is 1.47 bits per heavy atom. The molecule has 0 aliphatic rings. The van der Waals surface area contributed by atoms with Crippen LogP contribution in [0.2, 0.25) is 5.15 Å². The summed E-state index contributed by atoms with van der Waals surface area (Å²) in [4.78, 5) is 19.1. The molecule has 0 saturated carbocycles. The van der Waals surface area contributed by atoms with E-state index in [4.69, 9.17) is 16.9 Å². The summed E-state index contributed by atoms with van der Waals surface area (Å²) in [6, 6.07) is 6.87. The maximum atomic E-state index is 11.2. The van der Waals surface area contributed by atoms with Gasteiger partial charge in [0.05, 0.1) is 11.6 Å². The van der Waals surface area contributed by atoms with Crippen LogP contribution in [0, 0.1) is 11.3 Å². The second-order valence-electron chi connectivity index (χ2n) is 3.28. The van der Waals surface area contributed by atoms with Crippen molar-refractivity contribution in [2.24, 2.45) is 0 Å². The van der Waals surface area contributed by atoms with E-state index in [1.807, 2.05) is 0 Å². The van der Waals surface area contributed by atoms with Gasteiger partial charge in [0.15, 0.2) is 0 Å². The lowest BCUT2D eigenvalue weighted by Crippen LogP contribution is -2.09. The fourth-order valence-corrected chi connectivity index (χ4v) is 1.57. The molecular formula is C11H7ClN4O. The van der Waals surface area contributed by atoms with E-state index in [1.54, 1.807) is 24.3 Å². The molecule has 0 radical (unpaired) electrons. The smallest absolute Gasteiger partial charge is 0.238 e. The van der Waals surface area contributed by atoms with E-state index >= 15 is 0 Å². The molecule has 1 aromatic heterocycles. The van der Waals surface area contributed by atoms with Gasteiger partial charge >= 0.3 is 0 Å². The molecule has 1 heterocycles. The van der Waals surface area contributed by atoms with Gasteiger partial charge in [-0.2, -0.15) is 5.26 Å². The lowest BCUT2D eigenvalue weighted by Gasteiger charge is -2.04. The summed E-state index contributed by atoms with van der Waals surface area (Å²) in [5, 5.41) is 11.9. The number of carbonyl (C=O) groups excluding carboxylic acids is 1. The van der Waals surface area contributed by atoms with Gasteiger partial charge in [0.1, 0.15) is 17.9 Å². The summed E-state index contributed by atoms with van der Waals surface area (Å²) < 4.78 is 0. The van der Waals surface area contributed by atoms with Crippen LogP contribution < -0.4 is 5.32 Å². The van der Waals surface area contributed by atoms with Gasteiger partial charge in [0.25, 0.3) is 0 Å². The molecule has 1 amide bonds. The van der Waals surface area contributed by atoms with Gasteiger partial charge in [-0.15, -0.1) is 0 Å². The monoisotopic (exact) mass is 246 g/mol. The quantitative estimate of drug-likeness (QED) is 0.824. The molecule has 0 bridgehead atoms. The van der Waals surface area contributed by atoms with Crippen molar-refractivity contribution in [2.75, 3.05) is 5.32 Å². The highest BCUT2D eigenvalue weighted by atomic mass is 35.5. The SMILES string of the molecule is N#CCC(=O)Nc1ccc2ncnc(Cl)c2c1. The standard InChI is InChI=1S/C11H7ClN4O/c12-11-8-5-7(16-10(17)3-4-13)1-2-9(8)14-6-15-11/h1-2,5-6H,3H2,(H,16,17). The number of nitrogens with one attached hydrogen (secondary N) is 1. The Kier molecular flexibility index (Phi) is 3.17. The highest BCUT2D eigenvalue weighted by Crippen LogP contribution is 2.22. The minimum absolute atomic E-state index is 0.183. The van der Waals surface area contributed by atoms with Crippen molar-refractivity contribution in [2.45, 2.75) is 6.42 Å². The van der Waals surface area contributed by atoms with E-state index < -0.39 is 0 Å². The largest absolute Gasteiger partial charge is 0.325 e. The lowest BCUT2D eigenvalue weighted by atomic mass is 10.2. The molecule has 1 N–H and O–H groups in total. The molecule has 17 heavy (non-hydrogen) atoms. The Morgan fingerprint density at radius 3 is 3.06 bits per heavy atom. The third-order valence-electron chi connectivity index (χ3n) is 2.11. The summed E-state index contributed by atoms with van der Waals surface area (Å²) >= 11 is 5.91. The molecular weight excluding hydrogens is 240 g/mol. The Balaban J connectivity index is 2.35. The van der Waals surface area contributed by atoms with Crippen LogP contribution >= 0.6 is 11.6 Å². The van der Waals surface area contributed by atoms with Gasteiger partial charge in [0.2, 0.25) is 5.91 Å². The summed E-state index contributed by atoms with van der Waals surface area (Å²) in [5.41, 5.74) is 1.26. The molecule has 0 unspecified atom stereocenters. The fourth-order valence-electron chi connectivity index (χ4n) is 1.38. The Morgan fingerprint density at radius 2 is 2.29 bits per heavy atom. The first-order valence-electron chi connectivity index (χ1n) is 4.78. The van der Waals surface area contributed by atoms with Crippen molar-refractivity contribution in [3.8, 4) is 6.07 Å². The van der Waals surface area contributed by atoms with E-state index in [2.05, 4.69) is 15.3 Å². The number of nitrogens with zero attached hydrogens (tertiary/aromatic N) is 3. The molecule has 0 atom stereocenters. The van der Waals surface area contributed by atoms with Crippen molar-refractivity contribution in [1.29, 1.82) is 5.26 Å². The van der Waals surface area contributed by atoms with Crippen LogP contribution in [0.4, 0.5) is 5.69 Å². The molecule has 6 heteroatoms. The Bertz CT molecular complexity index is 620. The normalized spacial score (nSPS) is 9.88. The number of anilines is 1. The molecule has 84 valence electrons. The molecule has 2 aromatic rings. The highest BCUT2D eigenvalue weighted by Gasteiger charge is 2.05. The summed E-state index contributed by atoms with van der Waals surface area (Å²) in [6.07, 6.45) is 1.19. The molecule has 2 rings (SSSR count). The molecule has 0 aliphatic heterocycles. The first-order valence-corrected chi connectivity index (χ1v) is 5.15. The second-order valence-corrected chi connectivity index (χ2v) is 3.64. The first-order chi connectivity index (χ1) is 8.20. The van der Waals surface area contributed by atoms with Crippen molar-refractivity contribution in [3.63, 3.8) is 0 Å². The van der Waals surface area contributed by atoms with Crippen LogP contribution in [-0.4, -0.2) is 15.9 Å². The number of fused-ring (bicyclic) bond motifs is 1. The molecule has 0 fully saturated rings. The topological polar surface area (TPSA) is 78.7 Å². The molecule has 5 nitrogen and oxygen atoms in total. The van der Waals surface area contributed by atoms with E-state index in [0.717, 1.165) is 0 Å². The summed E-state index contributed by atoms with van der Waals surface area (Å²) in [7, 11) is 0. The third-order valence-corrected chi connectivity index (χ3v) is 2.41. The minimum atomic E-state index is -0.361.